The number of halogens is 1. The Morgan fingerprint density at radius 3 is 2.71 bits per heavy atom. The van der Waals surface area contributed by atoms with Crippen LogP contribution in [0.1, 0.15) is 22.4 Å². The van der Waals surface area contributed by atoms with E-state index < -0.39 is 6.10 Å². The normalized spacial score (nSPS) is 13.1. The first kappa shape index (κ1) is 10.3. The molecular formula is C9H8BrNOS2. The van der Waals surface area contributed by atoms with Crippen molar-refractivity contribution in [2.75, 3.05) is 0 Å². The Kier molecular flexibility index (Phi) is 3.02. The predicted octanol–water partition coefficient (Wildman–Crippen LogP) is 3.36. The number of hydrogen-bond acceptors (Lipinski definition) is 4. The van der Waals surface area contributed by atoms with E-state index in [2.05, 4.69) is 20.9 Å². The fourth-order valence-corrected chi connectivity index (χ4v) is 2.97. The maximum atomic E-state index is 9.95. The van der Waals surface area contributed by atoms with Gasteiger partial charge in [-0.25, -0.2) is 4.98 Å². The SMILES string of the molecule is Cc1nc(C(O)c2csc(Br)c2)cs1. The van der Waals surface area contributed by atoms with Crippen LogP contribution in [0.3, 0.4) is 0 Å². The van der Waals surface area contributed by atoms with Crippen LogP contribution in [0.4, 0.5) is 0 Å². The third-order valence-electron chi connectivity index (χ3n) is 1.82. The summed E-state index contributed by atoms with van der Waals surface area (Å²) in [6.07, 6.45) is -0.595. The molecule has 1 atom stereocenters. The first-order chi connectivity index (χ1) is 6.66. The second kappa shape index (κ2) is 4.10. The number of aliphatic hydroxyl groups excluding tert-OH is 1. The lowest BCUT2D eigenvalue weighted by Crippen LogP contribution is -1.97. The lowest BCUT2D eigenvalue weighted by molar-refractivity contribution is 0.216. The molecule has 2 nitrogen and oxygen atoms in total. The number of aromatic nitrogens is 1. The molecule has 0 fully saturated rings. The van der Waals surface area contributed by atoms with Gasteiger partial charge >= 0.3 is 0 Å². The lowest BCUT2D eigenvalue weighted by Gasteiger charge is -2.03. The van der Waals surface area contributed by atoms with E-state index in [0.717, 1.165) is 20.1 Å². The van der Waals surface area contributed by atoms with Gasteiger partial charge in [0.15, 0.2) is 0 Å². The number of thiazole rings is 1. The van der Waals surface area contributed by atoms with Crippen molar-refractivity contribution in [3.05, 3.63) is 36.9 Å². The fourth-order valence-electron chi connectivity index (χ4n) is 1.14. The zero-order chi connectivity index (χ0) is 10.1. The Balaban J connectivity index is 2.28. The second-order valence-electron chi connectivity index (χ2n) is 2.88. The van der Waals surface area contributed by atoms with Crippen LogP contribution in [0.2, 0.25) is 0 Å². The fraction of sp³-hybridized carbons (Fsp3) is 0.222. The topological polar surface area (TPSA) is 33.1 Å². The van der Waals surface area contributed by atoms with E-state index in [1.54, 1.807) is 22.7 Å². The molecule has 0 radical (unpaired) electrons. The average Bonchev–Trinajstić information content (AvgIpc) is 2.73. The standard InChI is InChI=1S/C9H8BrNOS2/c1-5-11-7(4-13-5)9(12)6-2-8(10)14-3-6/h2-4,9,12H,1H3. The Bertz CT molecular complexity index is 397. The molecule has 0 spiro atoms. The van der Waals surface area contributed by atoms with E-state index >= 15 is 0 Å². The molecule has 0 aromatic carbocycles. The summed E-state index contributed by atoms with van der Waals surface area (Å²) in [6.45, 7) is 1.93. The summed E-state index contributed by atoms with van der Waals surface area (Å²) >= 11 is 6.49. The van der Waals surface area contributed by atoms with Crippen molar-refractivity contribution >= 4 is 38.6 Å². The predicted molar refractivity (Wildman–Crippen MR) is 62.9 cm³/mol. The van der Waals surface area contributed by atoms with E-state index in [1.807, 2.05) is 23.8 Å². The molecule has 0 bridgehead atoms. The van der Waals surface area contributed by atoms with E-state index in [-0.39, 0.29) is 0 Å². The summed E-state index contributed by atoms with van der Waals surface area (Å²) in [5.41, 5.74) is 1.63. The summed E-state index contributed by atoms with van der Waals surface area (Å²) < 4.78 is 1.03. The number of nitrogens with zero attached hydrogens (tertiary/aromatic N) is 1. The molecule has 2 heterocycles. The second-order valence-corrected chi connectivity index (χ2v) is 6.23. The molecule has 0 aliphatic rings. The minimum Gasteiger partial charge on any atom is -0.382 e. The maximum Gasteiger partial charge on any atom is 0.123 e. The molecule has 0 saturated carbocycles. The van der Waals surface area contributed by atoms with Crippen molar-refractivity contribution in [3.8, 4) is 0 Å². The maximum absolute atomic E-state index is 9.95. The van der Waals surface area contributed by atoms with Gasteiger partial charge in [-0.05, 0) is 39.9 Å². The smallest absolute Gasteiger partial charge is 0.123 e. The third-order valence-corrected chi connectivity index (χ3v) is 4.13. The third kappa shape index (κ3) is 2.06. The summed E-state index contributed by atoms with van der Waals surface area (Å²) in [5.74, 6) is 0. The molecule has 2 rings (SSSR count). The van der Waals surface area contributed by atoms with Gasteiger partial charge in [0.1, 0.15) is 6.10 Å². The highest BCUT2D eigenvalue weighted by atomic mass is 79.9. The molecule has 1 unspecified atom stereocenters. The van der Waals surface area contributed by atoms with Crippen molar-refractivity contribution < 1.29 is 5.11 Å². The summed E-state index contributed by atoms with van der Waals surface area (Å²) in [6, 6.07) is 1.92. The summed E-state index contributed by atoms with van der Waals surface area (Å²) in [7, 11) is 0. The summed E-state index contributed by atoms with van der Waals surface area (Å²) in [5, 5.41) is 14.8. The molecular weight excluding hydrogens is 282 g/mol. The zero-order valence-electron chi connectivity index (χ0n) is 7.40. The largest absolute Gasteiger partial charge is 0.382 e. The van der Waals surface area contributed by atoms with Crippen LogP contribution in [0.15, 0.2) is 20.6 Å². The molecule has 0 aliphatic carbocycles. The van der Waals surface area contributed by atoms with Crippen molar-refractivity contribution in [1.29, 1.82) is 0 Å². The van der Waals surface area contributed by atoms with Crippen molar-refractivity contribution in [2.24, 2.45) is 0 Å². The number of rotatable bonds is 2. The molecule has 2 aromatic rings. The molecule has 0 amide bonds. The Morgan fingerprint density at radius 2 is 2.21 bits per heavy atom. The lowest BCUT2D eigenvalue weighted by atomic mass is 10.1. The van der Waals surface area contributed by atoms with Gasteiger partial charge in [-0.2, -0.15) is 0 Å². The minimum absolute atomic E-state index is 0.595. The van der Waals surface area contributed by atoms with Gasteiger partial charge in [0.05, 0.1) is 14.5 Å². The molecule has 1 N–H and O–H groups in total. The molecule has 14 heavy (non-hydrogen) atoms. The highest BCUT2D eigenvalue weighted by molar-refractivity contribution is 9.11. The highest BCUT2D eigenvalue weighted by Gasteiger charge is 2.14. The minimum atomic E-state index is -0.595. The number of hydrogen-bond donors (Lipinski definition) is 1. The van der Waals surface area contributed by atoms with Gasteiger partial charge in [0.25, 0.3) is 0 Å². The number of aliphatic hydroxyl groups is 1. The Labute approximate surface area is 98.4 Å². The monoisotopic (exact) mass is 289 g/mol. The van der Waals surface area contributed by atoms with Gasteiger partial charge in [-0.1, -0.05) is 0 Å². The van der Waals surface area contributed by atoms with Crippen LogP contribution in [-0.2, 0) is 0 Å². The molecule has 0 saturated heterocycles. The zero-order valence-corrected chi connectivity index (χ0v) is 10.6. The van der Waals surface area contributed by atoms with E-state index in [9.17, 15) is 5.11 Å². The number of thiophene rings is 1. The molecule has 74 valence electrons. The van der Waals surface area contributed by atoms with Gasteiger partial charge in [0.2, 0.25) is 0 Å². The van der Waals surface area contributed by atoms with E-state index in [4.69, 9.17) is 0 Å². The molecule has 2 aromatic heterocycles. The quantitative estimate of drug-likeness (QED) is 0.920. The first-order valence-corrected chi connectivity index (χ1v) is 6.56. The molecule has 0 aliphatic heterocycles. The van der Waals surface area contributed by atoms with Gasteiger partial charge in [-0.15, -0.1) is 22.7 Å². The van der Waals surface area contributed by atoms with Crippen LogP contribution in [0.25, 0.3) is 0 Å². The van der Waals surface area contributed by atoms with Crippen molar-refractivity contribution in [1.82, 2.24) is 4.98 Å². The van der Waals surface area contributed by atoms with Crippen LogP contribution < -0.4 is 0 Å². The van der Waals surface area contributed by atoms with E-state index in [1.165, 1.54) is 0 Å². The molecule has 5 heteroatoms. The van der Waals surface area contributed by atoms with E-state index in [0.29, 0.717) is 0 Å². The van der Waals surface area contributed by atoms with Crippen molar-refractivity contribution in [2.45, 2.75) is 13.0 Å². The van der Waals surface area contributed by atoms with Crippen LogP contribution in [0, 0.1) is 6.92 Å². The highest BCUT2D eigenvalue weighted by Crippen LogP contribution is 2.29. The first-order valence-electron chi connectivity index (χ1n) is 4.01. The average molecular weight is 290 g/mol. The van der Waals surface area contributed by atoms with Crippen molar-refractivity contribution in [3.63, 3.8) is 0 Å². The number of aryl methyl sites for hydroxylation is 1. The Morgan fingerprint density at radius 1 is 1.43 bits per heavy atom. The van der Waals surface area contributed by atoms with Crippen LogP contribution >= 0.6 is 38.6 Å². The van der Waals surface area contributed by atoms with Gasteiger partial charge < -0.3 is 5.11 Å². The van der Waals surface area contributed by atoms with Gasteiger partial charge in [0, 0.05) is 5.38 Å². The van der Waals surface area contributed by atoms with Crippen LogP contribution in [0.5, 0.6) is 0 Å². The van der Waals surface area contributed by atoms with Gasteiger partial charge in [-0.3, -0.25) is 0 Å². The van der Waals surface area contributed by atoms with Crippen LogP contribution in [-0.4, -0.2) is 10.1 Å². The Hall–Kier alpha value is -0.230. The summed E-state index contributed by atoms with van der Waals surface area (Å²) in [4.78, 5) is 4.25.